The average Bonchev–Trinajstić information content (AvgIpc) is 2.52. The van der Waals surface area contributed by atoms with Crippen LogP contribution < -0.4 is 14.2 Å². The summed E-state index contributed by atoms with van der Waals surface area (Å²) in [6.07, 6.45) is 0. The molecule has 0 aromatic heterocycles. The minimum Gasteiger partial charge on any atom is -0.496 e. The van der Waals surface area contributed by atoms with Crippen LogP contribution >= 0.6 is 0 Å². The fourth-order valence-electron chi connectivity index (χ4n) is 1.91. The van der Waals surface area contributed by atoms with Crippen LogP contribution in [0, 0.1) is 11.3 Å². The smallest absolute Gasteiger partial charge is 0.137 e. The molecule has 0 aliphatic heterocycles. The number of hydrogen-bond donors (Lipinski definition) is 0. The first kappa shape index (κ1) is 13.8. The van der Waals surface area contributed by atoms with Crippen LogP contribution in [0.1, 0.15) is 11.1 Å². The van der Waals surface area contributed by atoms with Crippen molar-refractivity contribution in [2.45, 2.75) is 6.61 Å². The molecule has 0 bridgehead atoms. The van der Waals surface area contributed by atoms with Gasteiger partial charge in [0.1, 0.15) is 29.9 Å². The second-order valence-electron chi connectivity index (χ2n) is 4.04. The minimum atomic E-state index is 0.270. The van der Waals surface area contributed by atoms with Gasteiger partial charge in [-0.25, -0.2) is 0 Å². The highest BCUT2D eigenvalue weighted by atomic mass is 16.5. The lowest BCUT2D eigenvalue weighted by Gasteiger charge is -2.14. The number of methoxy groups -OCH3 is 2. The number of nitrogens with zero attached hydrogens (tertiary/aromatic N) is 1. The monoisotopic (exact) mass is 269 g/mol. The zero-order valence-electron chi connectivity index (χ0n) is 11.4. The van der Waals surface area contributed by atoms with E-state index < -0.39 is 0 Å². The Morgan fingerprint density at radius 1 is 0.900 bits per heavy atom. The van der Waals surface area contributed by atoms with E-state index in [1.807, 2.05) is 24.3 Å². The molecule has 0 amide bonds. The summed E-state index contributed by atoms with van der Waals surface area (Å²) in [6, 6.07) is 14.8. The maximum atomic E-state index is 9.04. The van der Waals surface area contributed by atoms with Gasteiger partial charge in [0.2, 0.25) is 0 Å². The quantitative estimate of drug-likeness (QED) is 0.836. The molecule has 0 heterocycles. The Hall–Kier alpha value is -2.67. The van der Waals surface area contributed by atoms with Gasteiger partial charge >= 0.3 is 0 Å². The van der Waals surface area contributed by atoms with E-state index in [4.69, 9.17) is 19.5 Å². The molecule has 0 radical (unpaired) electrons. The predicted octanol–water partition coefficient (Wildman–Crippen LogP) is 3.15. The third kappa shape index (κ3) is 2.83. The second kappa shape index (κ2) is 6.48. The van der Waals surface area contributed by atoms with E-state index in [1.165, 1.54) is 0 Å². The minimum absolute atomic E-state index is 0.270. The number of benzene rings is 2. The van der Waals surface area contributed by atoms with Crippen molar-refractivity contribution in [3.8, 4) is 23.3 Å². The highest BCUT2D eigenvalue weighted by Gasteiger charge is 2.11. The van der Waals surface area contributed by atoms with Crippen molar-refractivity contribution in [2.24, 2.45) is 0 Å². The predicted molar refractivity (Wildman–Crippen MR) is 75.0 cm³/mol. The summed E-state index contributed by atoms with van der Waals surface area (Å²) in [5, 5.41) is 9.04. The van der Waals surface area contributed by atoms with Crippen molar-refractivity contribution < 1.29 is 14.2 Å². The van der Waals surface area contributed by atoms with Crippen LogP contribution in [0.25, 0.3) is 0 Å². The maximum Gasteiger partial charge on any atom is 0.137 e. The van der Waals surface area contributed by atoms with Crippen molar-refractivity contribution in [1.82, 2.24) is 0 Å². The summed E-state index contributed by atoms with van der Waals surface area (Å²) in [5.41, 5.74) is 1.31. The maximum absolute atomic E-state index is 9.04. The first-order chi connectivity index (χ1) is 9.80. The van der Waals surface area contributed by atoms with Gasteiger partial charge in [0.25, 0.3) is 0 Å². The van der Waals surface area contributed by atoms with E-state index in [2.05, 4.69) is 6.07 Å². The van der Waals surface area contributed by atoms with Gasteiger partial charge < -0.3 is 14.2 Å². The molecule has 0 unspecified atom stereocenters. The number of hydrogen-bond acceptors (Lipinski definition) is 4. The van der Waals surface area contributed by atoms with Crippen LogP contribution in [0.4, 0.5) is 0 Å². The summed E-state index contributed by atoms with van der Waals surface area (Å²) in [5.74, 6) is 1.93. The SMILES string of the molecule is COc1cccc(OC)c1COc1ccccc1C#N. The fraction of sp³-hybridized carbons (Fsp3) is 0.188. The Morgan fingerprint density at radius 2 is 1.50 bits per heavy atom. The van der Waals surface area contributed by atoms with Crippen LogP contribution in [0.2, 0.25) is 0 Å². The third-order valence-electron chi connectivity index (χ3n) is 2.91. The summed E-state index contributed by atoms with van der Waals surface area (Å²) in [6.45, 7) is 0.270. The molecular formula is C16H15NO3. The van der Waals surface area contributed by atoms with Gasteiger partial charge in [-0.15, -0.1) is 0 Å². The molecule has 2 rings (SSSR count). The molecule has 0 aliphatic rings. The average molecular weight is 269 g/mol. The lowest BCUT2D eigenvalue weighted by molar-refractivity contribution is 0.285. The highest BCUT2D eigenvalue weighted by molar-refractivity contribution is 5.46. The Balaban J connectivity index is 2.25. The van der Waals surface area contributed by atoms with E-state index in [9.17, 15) is 0 Å². The summed E-state index contributed by atoms with van der Waals surface area (Å²) < 4.78 is 16.3. The van der Waals surface area contributed by atoms with E-state index in [0.717, 1.165) is 5.56 Å². The lowest BCUT2D eigenvalue weighted by atomic mass is 10.2. The van der Waals surface area contributed by atoms with E-state index in [1.54, 1.807) is 32.4 Å². The first-order valence-electron chi connectivity index (χ1n) is 6.12. The van der Waals surface area contributed by atoms with Crippen molar-refractivity contribution in [3.63, 3.8) is 0 Å². The molecule has 2 aromatic rings. The van der Waals surface area contributed by atoms with Gasteiger partial charge in [0.05, 0.1) is 25.3 Å². The van der Waals surface area contributed by atoms with E-state index >= 15 is 0 Å². The normalized spacial score (nSPS) is 9.65. The second-order valence-corrected chi connectivity index (χ2v) is 4.04. The zero-order valence-corrected chi connectivity index (χ0v) is 11.4. The van der Waals surface area contributed by atoms with Crippen LogP contribution in [0.15, 0.2) is 42.5 Å². The Labute approximate surface area is 118 Å². The van der Waals surface area contributed by atoms with Gasteiger partial charge in [0.15, 0.2) is 0 Å². The first-order valence-corrected chi connectivity index (χ1v) is 6.12. The van der Waals surface area contributed by atoms with Gasteiger partial charge in [0, 0.05) is 0 Å². The summed E-state index contributed by atoms with van der Waals surface area (Å²) in [7, 11) is 3.20. The van der Waals surface area contributed by atoms with Gasteiger partial charge in [-0.1, -0.05) is 18.2 Å². The van der Waals surface area contributed by atoms with Crippen molar-refractivity contribution in [1.29, 1.82) is 5.26 Å². The summed E-state index contributed by atoms with van der Waals surface area (Å²) >= 11 is 0. The van der Waals surface area contributed by atoms with E-state index in [-0.39, 0.29) is 6.61 Å². The standard InChI is InChI=1S/C16H15NO3/c1-18-15-8-5-9-16(19-2)13(15)11-20-14-7-4-3-6-12(14)10-17/h3-9H,11H2,1-2H3. The molecule has 0 saturated carbocycles. The Bertz CT molecular complexity index is 610. The topological polar surface area (TPSA) is 51.5 Å². The third-order valence-corrected chi connectivity index (χ3v) is 2.91. The Kier molecular flexibility index (Phi) is 4.46. The number of rotatable bonds is 5. The molecule has 2 aromatic carbocycles. The van der Waals surface area contributed by atoms with Crippen molar-refractivity contribution >= 4 is 0 Å². The van der Waals surface area contributed by atoms with Crippen molar-refractivity contribution in [3.05, 3.63) is 53.6 Å². The molecule has 0 atom stereocenters. The molecule has 0 spiro atoms. The molecule has 102 valence electrons. The summed E-state index contributed by atoms with van der Waals surface area (Å²) in [4.78, 5) is 0. The molecule has 0 N–H and O–H groups in total. The zero-order chi connectivity index (χ0) is 14.4. The fourth-order valence-corrected chi connectivity index (χ4v) is 1.91. The number of ether oxygens (including phenoxy) is 3. The largest absolute Gasteiger partial charge is 0.496 e. The van der Waals surface area contributed by atoms with Crippen LogP contribution in [0.5, 0.6) is 17.2 Å². The molecule has 4 nitrogen and oxygen atoms in total. The van der Waals surface area contributed by atoms with Crippen LogP contribution in [0.3, 0.4) is 0 Å². The molecular weight excluding hydrogens is 254 g/mol. The van der Waals surface area contributed by atoms with Gasteiger partial charge in [-0.05, 0) is 24.3 Å². The number of para-hydroxylation sites is 1. The van der Waals surface area contributed by atoms with Gasteiger partial charge in [-0.3, -0.25) is 0 Å². The molecule has 0 saturated heterocycles. The number of nitriles is 1. The highest BCUT2D eigenvalue weighted by Crippen LogP contribution is 2.30. The van der Waals surface area contributed by atoms with Crippen LogP contribution in [-0.2, 0) is 6.61 Å². The lowest BCUT2D eigenvalue weighted by Crippen LogP contribution is -2.02. The Morgan fingerprint density at radius 3 is 2.10 bits per heavy atom. The van der Waals surface area contributed by atoms with Gasteiger partial charge in [-0.2, -0.15) is 5.26 Å². The molecule has 4 heteroatoms. The molecule has 0 aliphatic carbocycles. The molecule has 0 fully saturated rings. The van der Waals surface area contributed by atoms with Crippen LogP contribution in [-0.4, -0.2) is 14.2 Å². The van der Waals surface area contributed by atoms with Crippen molar-refractivity contribution in [2.75, 3.05) is 14.2 Å². The molecule has 20 heavy (non-hydrogen) atoms. The van der Waals surface area contributed by atoms with E-state index in [0.29, 0.717) is 22.8 Å².